The highest BCUT2D eigenvalue weighted by Gasteiger charge is 2.24. The third kappa shape index (κ3) is 5.36. The monoisotopic (exact) mass is 318 g/mol. The molecule has 0 saturated heterocycles. The number of aliphatic hydroxyl groups excluding tert-OH is 1. The molecule has 23 heavy (non-hydrogen) atoms. The van der Waals surface area contributed by atoms with E-state index < -0.39 is 0 Å². The van der Waals surface area contributed by atoms with Crippen LogP contribution in [0.1, 0.15) is 54.9 Å². The third-order valence-corrected chi connectivity index (χ3v) is 4.47. The highest BCUT2D eigenvalue weighted by molar-refractivity contribution is 5.94. The zero-order valence-electron chi connectivity index (χ0n) is 13.7. The number of hydrogen-bond donors (Lipinski definition) is 3. The molecule has 1 saturated carbocycles. The minimum Gasteiger partial charge on any atom is -0.396 e. The van der Waals surface area contributed by atoms with Crippen molar-refractivity contribution in [3.05, 3.63) is 35.4 Å². The van der Waals surface area contributed by atoms with Gasteiger partial charge in [0, 0.05) is 37.6 Å². The van der Waals surface area contributed by atoms with Gasteiger partial charge in [0.1, 0.15) is 0 Å². The number of carbonyl (C=O) groups excluding carboxylic acids is 2. The summed E-state index contributed by atoms with van der Waals surface area (Å²) in [4.78, 5) is 23.3. The first-order valence-corrected chi connectivity index (χ1v) is 8.35. The quantitative estimate of drug-likeness (QED) is 0.727. The zero-order chi connectivity index (χ0) is 16.7. The van der Waals surface area contributed by atoms with Crippen molar-refractivity contribution < 1.29 is 14.7 Å². The minimum atomic E-state index is -0.0959. The van der Waals surface area contributed by atoms with Crippen LogP contribution in [0.5, 0.6) is 0 Å². The van der Waals surface area contributed by atoms with Crippen molar-refractivity contribution >= 4 is 11.8 Å². The summed E-state index contributed by atoms with van der Waals surface area (Å²) in [7, 11) is 0. The Bertz CT molecular complexity index is 528. The second-order valence-electron chi connectivity index (χ2n) is 6.27. The Hall–Kier alpha value is -1.88. The van der Waals surface area contributed by atoms with Gasteiger partial charge in [-0.15, -0.1) is 0 Å². The number of hydrogen-bond acceptors (Lipinski definition) is 3. The molecule has 1 aromatic rings. The van der Waals surface area contributed by atoms with Gasteiger partial charge in [-0.25, -0.2) is 0 Å². The summed E-state index contributed by atoms with van der Waals surface area (Å²) in [6, 6.07) is 7.30. The van der Waals surface area contributed by atoms with Gasteiger partial charge in [0.15, 0.2) is 0 Å². The largest absolute Gasteiger partial charge is 0.396 e. The number of benzene rings is 1. The molecule has 5 heteroatoms. The van der Waals surface area contributed by atoms with Gasteiger partial charge < -0.3 is 15.7 Å². The number of nitrogens with one attached hydrogen (secondary N) is 2. The van der Waals surface area contributed by atoms with Gasteiger partial charge in [0.2, 0.25) is 5.91 Å². The van der Waals surface area contributed by atoms with Crippen LogP contribution in [0.2, 0.25) is 0 Å². The fourth-order valence-corrected chi connectivity index (χ4v) is 3.05. The van der Waals surface area contributed by atoms with Crippen molar-refractivity contribution in [2.75, 3.05) is 6.61 Å². The number of carbonyl (C=O) groups is 2. The fourth-order valence-electron chi connectivity index (χ4n) is 3.05. The van der Waals surface area contributed by atoms with Crippen LogP contribution in [0.4, 0.5) is 0 Å². The maximum atomic E-state index is 12.4. The number of aliphatic hydroxyl groups is 1. The summed E-state index contributed by atoms with van der Waals surface area (Å²) in [5.41, 5.74) is 1.57. The summed E-state index contributed by atoms with van der Waals surface area (Å²) in [6.45, 7) is 2.07. The normalized spacial score (nSPS) is 21.3. The van der Waals surface area contributed by atoms with E-state index in [1.807, 2.05) is 12.1 Å². The van der Waals surface area contributed by atoms with E-state index in [0.717, 1.165) is 31.2 Å². The Morgan fingerprint density at radius 1 is 1.13 bits per heavy atom. The average Bonchev–Trinajstić information content (AvgIpc) is 2.78. The lowest BCUT2D eigenvalue weighted by molar-refractivity contribution is -0.119. The molecule has 1 aliphatic rings. The van der Waals surface area contributed by atoms with E-state index in [0.29, 0.717) is 12.1 Å². The minimum absolute atomic E-state index is 0.0501. The predicted molar refractivity (Wildman–Crippen MR) is 88.9 cm³/mol. The Morgan fingerprint density at radius 3 is 2.48 bits per heavy atom. The second-order valence-corrected chi connectivity index (χ2v) is 6.27. The Morgan fingerprint density at radius 2 is 1.83 bits per heavy atom. The maximum absolute atomic E-state index is 12.4. The van der Waals surface area contributed by atoms with Crippen LogP contribution in [-0.4, -0.2) is 29.6 Å². The van der Waals surface area contributed by atoms with Crippen molar-refractivity contribution in [3.8, 4) is 0 Å². The van der Waals surface area contributed by atoms with E-state index in [1.54, 1.807) is 12.1 Å². The lowest BCUT2D eigenvalue weighted by Crippen LogP contribution is -2.41. The van der Waals surface area contributed by atoms with Gasteiger partial charge in [-0.1, -0.05) is 31.4 Å². The van der Waals surface area contributed by atoms with Crippen LogP contribution in [0.3, 0.4) is 0 Å². The predicted octanol–water partition coefficient (Wildman–Crippen LogP) is 1.99. The number of rotatable bonds is 5. The van der Waals surface area contributed by atoms with Crippen molar-refractivity contribution in [1.29, 1.82) is 0 Å². The van der Waals surface area contributed by atoms with Crippen LogP contribution in [0.25, 0.3) is 0 Å². The summed E-state index contributed by atoms with van der Waals surface area (Å²) >= 11 is 0. The summed E-state index contributed by atoms with van der Waals surface area (Å²) in [5.74, 6) is -0.0165. The molecule has 0 heterocycles. The van der Waals surface area contributed by atoms with Crippen molar-refractivity contribution in [2.24, 2.45) is 5.92 Å². The van der Waals surface area contributed by atoms with E-state index in [2.05, 4.69) is 10.6 Å². The van der Waals surface area contributed by atoms with Gasteiger partial charge in [0.25, 0.3) is 5.91 Å². The van der Waals surface area contributed by atoms with Gasteiger partial charge in [-0.2, -0.15) is 0 Å². The molecule has 0 radical (unpaired) electrons. The molecule has 2 rings (SSSR count). The molecular weight excluding hydrogens is 292 g/mol. The van der Waals surface area contributed by atoms with E-state index in [-0.39, 0.29) is 30.4 Å². The van der Waals surface area contributed by atoms with Gasteiger partial charge >= 0.3 is 0 Å². The SMILES string of the molecule is CC(=O)NCc1ccc(C(=O)NC2CCCCCC2CO)cc1. The molecule has 2 unspecified atom stereocenters. The zero-order valence-corrected chi connectivity index (χ0v) is 13.7. The lowest BCUT2D eigenvalue weighted by Gasteiger charge is -2.24. The van der Waals surface area contributed by atoms with E-state index in [1.165, 1.54) is 13.3 Å². The van der Waals surface area contributed by atoms with Crippen LogP contribution < -0.4 is 10.6 Å². The fraction of sp³-hybridized carbons (Fsp3) is 0.556. The highest BCUT2D eigenvalue weighted by atomic mass is 16.3. The van der Waals surface area contributed by atoms with Crippen molar-refractivity contribution in [3.63, 3.8) is 0 Å². The van der Waals surface area contributed by atoms with Crippen LogP contribution >= 0.6 is 0 Å². The van der Waals surface area contributed by atoms with Crippen LogP contribution in [0, 0.1) is 5.92 Å². The first kappa shape index (κ1) is 17.5. The van der Waals surface area contributed by atoms with Crippen LogP contribution in [0.15, 0.2) is 24.3 Å². The molecule has 0 spiro atoms. The summed E-state index contributed by atoms with van der Waals surface area (Å²) in [6.07, 6.45) is 5.28. The van der Waals surface area contributed by atoms with E-state index >= 15 is 0 Å². The Balaban J connectivity index is 1.95. The second kappa shape index (κ2) is 8.67. The maximum Gasteiger partial charge on any atom is 0.251 e. The molecule has 1 aliphatic carbocycles. The summed E-state index contributed by atoms with van der Waals surface area (Å²) in [5, 5.41) is 15.3. The topological polar surface area (TPSA) is 78.4 Å². The molecule has 0 aliphatic heterocycles. The molecule has 0 bridgehead atoms. The molecule has 2 amide bonds. The first-order chi connectivity index (χ1) is 11.1. The summed E-state index contributed by atoms with van der Waals surface area (Å²) < 4.78 is 0. The smallest absolute Gasteiger partial charge is 0.251 e. The molecule has 1 aromatic carbocycles. The van der Waals surface area contributed by atoms with Crippen LogP contribution in [-0.2, 0) is 11.3 Å². The molecule has 0 aromatic heterocycles. The Labute approximate surface area is 137 Å². The van der Waals surface area contributed by atoms with Gasteiger partial charge in [0.05, 0.1) is 0 Å². The van der Waals surface area contributed by atoms with Gasteiger partial charge in [-0.05, 0) is 30.5 Å². The van der Waals surface area contributed by atoms with Gasteiger partial charge in [-0.3, -0.25) is 9.59 Å². The molecule has 2 atom stereocenters. The Kier molecular flexibility index (Phi) is 6.59. The lowest BCUT2D eigenvalue weighted by atomic mass is 9.95. The average molecular weight is 318 g/mol. The third-order valence-electron chi connectivity index (χ3n) is 4.47. The highest BCUT2D eigenvalue weighted by Crippen LogP contribution is 2.23. The molecule has 3 N–H and O–H groups in total. The first-order valence-electron chi connectivity index (χ1n) is 8.35. The molecular formula is C18H26N2O3. The standard InChI is InChI=1S/C18H26N2O3/c1-13(22)19-11-14-7-9-15(10-8-14)18(23)20-17-6-4-2-3-5-16(17)12-21/h7-10,16-17,21H,2-6,11-12H2,1H3,(H,19,22)(H,20,23). The molecule has 1 fully saturated rings. The van der Waals surface area contributed by atoms with E-state index in [4.69, 9.17) is 0 Å². The van der Waals surface area contributed by atoms with E-state index in [9.17, 15) is 14.7 Å². The molecule has 5 nitrogen and oxygen atoms in total. The molecule has 126 valence electrons. The number of amides is 2. The van der Waals surface area contributed by atoms with Crippen molar-refractivity contribution in [2.45, 2.75) is 51.6 Å². The van der Waals surface area contributed by atoms with Crippen molar-refractivity contribution in [1.82, 2.24) is 10.6 Å².